The first kappa shape index (κ1) is 26.4. The number of allylic oxidation sites excluding steroid dienone is 4. The van der Waals surface area contributed by atoms with Crippen molar-refractivity contribution in [1.82, 2.24) is 19.7 Å². The summed E-state index contributed by atoms with van der Waals surface area (Å²) in [6, 6.07) is 12.9. The second-order valence-electron chi connectivity index (χ2n) is 11.1. The smallest absolute Gasteiger partial charge is 0.265 e. The molecule has 1 saturated heterocycles. The minimum absolute atomic E-state index is 0.347. The summed E-state index contributed by atoms with van der Waals surface area (Å²) in [5, 5.41) is 13.6. The van der Waals surface area contributed by atoms with Gasteiger partial charge in [0.05, 0.1) is 42.4 Å². The van der Waals surface area contributed by atoms with Gasteiger partial charge in [-0.3, -0.25) is 9.69 Å². The van der Waals surface area contributed by atoms with E-state index in [-0.39, 0.29) is 0 Å². The fourth-order valence-electron chi connectivity index (χ4n) is 6.33. The maximum atomic E-state index is 12.1. The van der Waals surface area contributed by atoms with Crippen LogP contribution in [-0.2, 0) is 30.7 Å². The number of pyridine rings is 1. The lowest BCUT2D eigenvalue weighted by atomic mass is 9.85. The van der Waals surface area contributed by atoms with Crippen molar-refractivity contribution in [2.45, 2.75) is 72.0 Å². The third-order valence-corrected chi connectivity index (χ3v) is 8.81. The highest BCUT2D eigenvalue weighted by Gasteiger charge is 2.31. The first-order chi connectivity index (χ1) is 19.5. The number of ether oxygens (including phenoxy) is 1. The molecule has 1 aliphatic carbocycles. The van der Waals surface area contributed by atoms with E-state index in [1.54, 1.807) is 10.8 Å². The zero-order valence-corrected chi connectivity index (χ0v) is 23.5. The Morgan fingerprint density at radius 2 is 2.00 bits per heavy atom. The minimum atomic E-state index is -0.568. The van der Waals surface area contributed by atoms with Crippen LogP contribution in [0.15, 0.2) is 53.8 Å². The van der Waals surface area contributed by atoms with E-state index in [9.17, 15) is 4.79 Å². The van der Waals surface area contributed by atoms with Crippen LogP contribution in [0.4, 0.5) is 0 Å². The number of ketones is 1. The number of fused-ring (bicyclic) bond motifs is 1. The molecule has 3 aromatic rings. The number of nitriles is 1. The van der Waals surface area contributed by atoms with Crippen molar-refractivity contribution >= 4 is 11.4 Å². The van der Waals surface area contributed by atoms with Gasteiger partial charge in [0.15, 0.2) is 5.82 Å². The van der Waals surface area contributed by atoms with E-state index in [2.05, 4.69) is 48.1 Å². The Morgan fingerprint density at radius 3 is 2.75 bits per heavy atom. The summed E-state index contributed by atoms with van der Waals surface area (Å²) in [5.41, 5.74) is 11.8. The van der Waals surface area contributed by atoms with E-state index in [0.717, 1.165) is 57.7 Å². The number of aryl methyl sites for hydroxylation is 1. The van der Waals surface area contributed by atoms with Gasteiger partial charge in [-0.2, -0.15) is 10.4 Å². The molecule has 0 atom stereocenters. The van der Waals surface area contributed by atoms with Crippen molar-refractivity contribution in [2.75, 3.05) is 13.2 Å². The third kappa shape index (κ3) is 4.72. The van der Waals surface area contributed by atoms with E-state index < -0.39 is 5.78 Å². The van der Waals surface area contributed by atoms with Crippen LogP contribution in [0.2, 0.25) is 0 Å². The van der Waals surface area contributed by atoms with Gasteiger partial charge < -0.3 is 4.74 Å². The van der Waals surface area contributed by atoms with Crippen molar-refractivity contribution < 1.29 is 9.53 Å². The summed E-state index contributed by atoms with van der Waals surface area (Å²) in [6.07, 6.45) is 8.40. The Labute approximate surface area is 235 Å². The molecule has 2 aliphatic heterocycles. The van der Waals surface area contributed by atoms with Crippen molar-refractivity contribution in [1.29, 1.82) is 5.26 Å². The van der Waals surface area contributed by atoms with Crippen LogP contribution < -0.4 is 0 Å². The fourth-order valence-corrected chi connectivity index (χ4v) is 6.33. The average molecular weight is 534 g/mol. The normalized spacial score (nSPS) is 17.4. The molecule has 3 aliphatic rings. The quantitative estimate of drug-likeness (QED) is 0.273. The lowest BCUT2D eigenvalue weighted by Gasteiger charge is -2.34. The van der Waals surface area contributed by atoms with Gasteiger partial charge in [0.2, 0.25) is 0 Å². The molecule has 0 amide bonds. The van der Waals surface area contributed by atoms with Crippen LogP contribution in [0.3, 0.4) is 0 Å². The molecule has 2 aromatic heterocycles. The van der Waals surface area contributed by atoms with Gasteiger partial charge in [-0.25, -0.2) is 9.67 Å². The van der Waals surface area contributed by atoms with Crippen LogP contribution in [0, 0.1) is 18.3 Å². The van der Waals surface area contributed by atoms with Crippen LogP contribution in [0.1, 0.15) is 77.1 Å². The van der Waals surface area contributed by atoms with Crippen molar-refractivity contribution in [3.05, 3.63) is 93.0 Å². The zero-order chi connectivity index (χ0) is 27.8. The molecule has 1 fully saturated rings. The monoisotopic (exact) mass is 533 g/mol. The number of carbonyl (C=O) groups is 1. The third-order valence-electron chi connectivity index (χ3n) is 8.81. The highest BCUT2D eigenvalue weighted by molar-refractivity contribution is 6.08. The molecule has 7 heteroatoms. The Kier molecular flexibility index (Phi) is 7.22. The topological polar surface area (TPSA) is 84.0 Å². The van der Waals surface area contributed by atoms with Gasteiger partial charge in [-0.15, -0.1) is 0 Å². The van der Waals surface area contributed by atoms with Gasteiger partial charge in [0.25, 0.3) is 5.78 Å². The molecule has 0 spiro atoms. The summed E-state index contributed by atoms with van der Waals surface area (Å²) in [4.78, 5) is 19.7. The number of hydrogen-bond acceptors (Lipinski definition) is 6. The van der Waals surface area contributed by atoms with Crippen molar-refractivity contribution in [3.63, 3.8) is 0 Å². The molecule has 7 nitrogen and oxygen atoms in total. The number of hydrogen-bond donors (Lipinski definition) is 0. The highest BCUT2D eigenvalue weighted by atomic mass is 16.5. The molecule has 0 saturated carbocycles. The van der Waals surface area contributed by atoms with E-state index in [0.29, 0.717) is 29.5 Å². The van der Waals surface area contributed by atoms with Gasteiger partial charge in [0, 0.05) is 13.1 Å². The van der Waals surface area contributed by atoms with Gasteiger partial charge in [-0.1, -0.05) is 36.8 Å². The van der Waals surface area contributed by atoms with Crippen LogP contribution in [0.5, 0.6) is 0 Å². The molecule has 204 valence electrons. The average Bonchev–Trinajstić information content (AvgIpc) is 3.57. The van der Waals surface area contributed by atoms with E-state index in [1.165, 1.54) is 45.2 Å². The number of nitrogens with zero attached hydrogens (tertiary/aromatic N) is 5. The number of benzene rings is 1. The molecule has 1 aromatic carbocycles. The second kappa shape index (κ2) is 11.0. The van der Waals surface area contributed by atoms with Gasteiger partial charge in [-0.05, 0) is 91.5 Å². The Morgan fingerprint density at radius 1 is 1.15 bits per heavy atom. The summed E-state index contributed by atoms with van der Waals surface area (Å²) in [5.74, 6) is 0.0902. The SMILES string of the molecule is CCc1c(C(=O)C#N)cnn1-c1cccc(C2=CCCC(C)=C2CCc2ccc3c(c2C)CN(C2COC2)C3)n1. The highest BCUT2D eigenvalue weighted by Crippen LogP contribution is 2.36. The predicted octanol–water partition coefficient (Wildman–Crippen LogP) is 5.69. The molecule has 0 unspecified atom stereocenters. The summed E-state index contributed by atoms with van der Waals surface area (Å²) < 4.78 is 7.13. The molecule has 40 heavy (non-hydrogen) atoms. The van der Waals surface area contributed by atoms with E-state index in [1.807, 2.05) is 19.1 Å². The van der Waals surface area contributed by atoms with Gasteiger partial charge >= 0.3 is 0 Å². The Balaban J connectivity index is 1.24. The van der Waals surface area contributed by atoms with E-state index in [4.69, 9.17) is 15.0 Å². The zero-order valence-electron chi connectivity index (χ0n) is 23.5. The lowest BCUT2D eigenvalue weighted by molar-refractivity contribution is -0.0669. The number of Topliss-reactive ketones (excluding diaryl/α,β-unsaturated/α-hetero) is 1. The van der Waals surface area contributed by atoms with Crippen LogP contribution in [0.25, 0.3) is 11.4 Å². The molecule has 4 heterocycles. The lowest BCUT2D eigenvalue weighted by Crippen LogP contribution is -2.46. The molecular weight excluding hydrogens is 498 g/mol. The maximum absolute atomic E-state index is 12.1. The maximum Gasteiger partial charge on any atom is 0.265 e. The number of rotatable bonds is 8. The predicted molar refractivity (Wildman–Crippen MR) is 154 cm³/mol. The number of carbonyl (C=O) groups excluding carboxylic acids is 1. The summed E-state index contributed by atoms with van der Waals surface area (Å²) >= 11 is 0. The Bertz CT molecular complexity index is 1580. The first-order valence-electron chi connectivity index (χ1n) is 14.3. The fraction of sp³-hybridized carbons (Fsp3) is 0.394. The molecule has 0 bridgehead atoms. The Hall–Kier alpha value is -3.86. The summed E-state index contributed by atoms with van der Waals surface area (Å²) in [7, 11) is 0. The second-order valence-corrected chi connectivity index (χ2v) is 11.1. The number of aromatic nitrogens is 3. The van der Waals surface area contributed by atoms with Crippen molar-refractivity contribution in [3.8, 4) is 11.9 Å². The van der Waals surface area contributed by atoms with Crippen LogP contribution >= 0.6 is 0 Å². The standard InChI is InChI=1S/C33H35N5O2/c1-4-31-28(32(39)15-34)16-35-38(31)33-10-6-9-30(36-33)27-8-5-7-21(2)26(27)14-13-23-11-12-24-17-37(25-19-40-20-25)18-29(24)22(23)3/h6,8-12,16,25H,4-5,7,13-14,17-20H2,1-3H3. The van der Waals surface area contributed by atoms with E-state index >= 15 is 0 Å². The summed E-state index contributed by atoms with van der Waals surface area (Å²) in [6.45, 7) is 10.3. The van der Waals surface area contributed by atoms with Crippen molar-refractivity contribution in [2.24, 2.45) is 0 Å². The largest absolute Gasteiger partial charge is 0.378 e. The molecule has 6 rings (SSSR count). The molecule has 0 N–H and O–H groups in total. The molecular formula is C33H35N5O2. The molecule has 0 radical (unpaired) electrons. The first-order valence-corrected chi connectivity index (χ1v) is 14.3. The van der Waals surface area contributed by atoms with Gasteiger partial charge in [0.1, 0.15) is 6.07 Å². The van der Waals surface area contributed by atoms with Crippen LogP contribution in [-0.4, -0.2) is 44.7 Å². The minimum Gasteiger partial charge on any atom is -0.378 e.